The molecule has 2 heterocycles. The van der Waals surface area contributed by atoms with E-state index in [-0.39, 0.29) is 0 Å². The van der Waals surface area contributed by atoms with E-state index < -0.39 is 0 Å². The van der Waals surface area contributed by atoms with E-state index in [1.54, 1.807) is 23.1 Å². The Hall–Kier alpha value is -1.02. The maximum atomic E-state index is 6.22. The summed E-state index contributed by atoms with van der Waals surface area (Å²) in [6, 6.07) is 4.41. The van der Waals surface area contributed by atoms with Crippen molar-refractivity contribution >= 4 is 39.8 Å². The van der Waals surface area contributed by atoms with Gasteiger partial charge in [0, 0.05) is 27.9 Å². The van der Waals surface area contributed by atoms with E-state index in [4.69, 9.17) is 21.1 Å². The molecule has 1 aliphatic carbocycles. The van der Waals surface area contributed by atoms with Crippen LogP contribution in [0.1, 0.15) is 43.2 Å². The summed E-state index contributed by atoms with van der Waals surface area (Å²) in [6.07, 6.45) is 6.43. The lowest BCUT2D eigenvalue weighted by molar-refractivity contribution is -0.0168. The summed E-state index contributed by atoms with van der Waals surface area (Å²) >= 11 is 9.50. The Labute approximate surface area is 160 Å². The van der Waals surface area contributed by atoms with Gasteiger partial charge in [0.1, 0.15) is 5.75 Å². The van der Waals surface area contributed by atoms with Gasteiger partial charge in [0.2, 0.25) is 5.13 Å². The minimum absolute atomic E-state index is 0.292. The lowest BCUT2D eigenvalue weighted by Gasteiger charge is -2.21. The first-order valence-electron chi connectivity index (χ1n) is 8.52. The molecule has 1 aromatic carbocycles. The monoisotopic (exact) mass is 397 g/mol. The van der Waals surface area contributed by atoms with Crippen LogP contribution in [0.5, 0.6) is 5.75 Å². The van der Waals surface area contributed by atoms with E-state index in [1.165, 1.54) is 32.1 Å². The first-order valence-corrected chi connectivity index (χ1v) is 10.7. The van der Waals surface area contributed by atoms with Crippen molar-refractivity contribution in [3.63, 3.8) is 0 Å². The number of halogens is 1. The lowest BCUT2D eigenvalue weighted by Crippen LogP contribution is -2.21. The molecule has 4 rings (SSSR count). The highest BCUT2D eigenvalue weighted by Gasteiger charge is 2.18. The number of hydrogen-bond donors (Lipinski definition) is 1. The predicted octanol–water partition coefficient (Wildman–Crippen LogP) is 5.09. The maximum Gasteiger partial charge on any atom is 0.206 e. The SMILES string of the molecule is Clc1cc2c(c(CSc3nnc(NC4CCCCC4)s3)c1)OCOC2. The van der Waals surface area contributed by atoms with E-state index in [0.29, 0.717) is 24.5 Å². The number of ether oxygens (including phenoxy) is 2. The molecule has 1 aliphatic heterocycles. The van der Waals surface area contributed by atoms with Crippen molar-refractivity contribution < 1.29 is 9.47 Å². The molecule has 8 heteroatoms. The number of aromatic nitrogens is 2. The fourth-order valence-corrected chi connectivity index (χ4v) is 5.31. The molecule has 25 heavy (non-hydrogen) atoms. The molecule has 1 fully saturated rings. The number of rotatable bonds is 5. The van der Waals surface area contributed by atoms with Crippen molar-refractivity contribution in [1.82, 2.24) is 10.2 Å². The number of thioether (sulfide) groups is 1. The maximum absolute atomic E-state index is 6.22. The van der Waals surface area contributed by atoms with Crippen LogP contribution in [-0.2, 0) is 17.1 Å². The second-order valence-electron chi connectivity index (χ2n) is 6.30. The van der Waals surface area contributed by atoms with Crippen molar-refractivity contribution in [1.29, 1.82) is 0 Å². The van der Waals surface area contributed by atoms with Crippen LogP contribution >= 0.6 is 34.7 Å². The molecule has 0 unspecified atom stereocenters. The lowest BCUT2D eigenvalue weighted by atomic mass is 9.96. The minimum Gasteiger partial charge on any atom is -0.467 e. The number of nitrogens with zero attached hydrogens (tertiary/aromatic N) is 2. The second-order valence-corrected chi connectivity index (χ2v) is 8.94. The van der Waals surface area contributed by atoms with Gasteiger partial charge < -0.3 is 14.8 Å². The van der Waals surface area contributed by atoms with Crippen molar-refractivity contribution in [2.45, 2.75) is 54.8 Å². The van der Waals surface area contributed by atoms with Crippen LogP contribution in [0.4, 0.5) is 5.13 Å². The fourth-order valence-electron chi connectivity index (χ4n) is 3.25. The summed E-state index contributed by atoms with van der Waals surface area (Å²) in [6.45, 7) is 0.836. The third-order valence-corrected chi connectivity index (χ3v) is 6.70. The van der Waals surface area contributed by atoms with E-state index in [1.807, 2.05) is 12.1 Å². The number of benzene rings is 1. The van der Waals surface area contributed by atoms with Gasteiger partial charge in [-0.15, -0.1) is 10.2 Å². The highest BCUT2D eigenvalue weighted by Crippen LogP contribution is 2.37. The predicted molar refractivity (Wildman–Crippen MR) is 102 cm³/mol. The van der Waals surface area contributed by atoms with Gasteiger partial charge in [-0.3, -0.25) is 0 Å². The molecule has 2 aromatic rings. The molecule has 1 aromatic heterocycles. The molecule has 0 amide bonds. The smallest absolute Gasteiger partial charge is 0.206 e. The Morgan fingerprint density at radius 2 is 2.12 bits per heavy atom. The molecule has 134 valence electrons. The molecule has 0 bridgehead atoms. The van der Waals surface area contributed by atoms with Crippen LogP contribution in [-0.4, -0.2) is 23.0 Å². The fraction of sp³-hybridized carbons (Fsp3) is 0.529. The van der Waals surface area contributed by atoms with Crippen molar-refractivity contribution in [2.24, 2.45) is 0 Å². The summed E-state index contributed by atoms with van der Waals surface area (Å²) in [5.41, 5.74) is 2.08. The zero-order chi connectivity index (χ0) is 17.1. The zero-order valence-electron chi connectivity index (χ0n) is 13.8. The first-order chi connectivity index (χ1) is 12.3. The Morgan fingerprint density at radius 3 is 3.00 bits per heavy atom. The van der Waals surface area contributed by atoms with Gasteiger partial charge in [-0.05, 0) is 25.0 Å². The molecule has 2 aliphatic rings. The Balaban J connectivity index is 1.39. The zero-order valence-corrected chi connectivity index (χ0v) is 16.2. The number of nitrogens with one attached hydrogen (secondary N) is 1. The van der Waals surface area contributed by atoms with Crippen LogP contribution < -0.4 is 10.1 Å². The van der Waals surface area contributed by atoms with Crippen molar-refractivity contribution in [3.05, 3.63) is 28.3 Å². The second kappa shape index (κ2) is 8.12. The molecule has 0 saturated heterocycles. The third-order valence-electron chi connectivity index (χ3n) is 4.44. The van der Waals surface area contributed by atoms with Crippen molar-refractivity contribution in [2.75, 3.05) is 12.1 Å². The van der Waals surface area contributed by atoms with E-state index in [9.17, 15) is 0 Å². The van der Waals surface area contributed by atoms with Crippen LogP contribution in [0.25, 0.3) is 0 Å². The summed E-state index contributed by atoms with van der Waals surface area (Å²) in [4.78, 5) is 0. The molecule has 1 N–H and O–H groups in total. The van der Waals surface area contributed by atoms with Gasteiger partial charge in [0.25, 0.3) is 0 Å². The number of hydrogen-bond acceptors (Lipinski definition) is 7. The van der Waals surface area contributed by atoms with Crippen molar-refractivity contribution in [3.8, 4) is 5.75 Å². The van der Waals surface area contributed by atoms with Crippen LogP contribution in [0.15, 0.2) is 16.5 Å². The normalized spacial score (nSPS) is 17.8. The minimum atomic E-state index is 0.292. The molecule has 1 saturated carbocycles. The van der Waals surface area contributed by atoms with E-state index in [0.717, 1.165) is 32.1 Å². The number of fused-ring (bicyclic) bond motifs is 1. The molecule has 0 radical (unpaired) electrons. The van der Waals surface area contributed by atoms with E-state index >= 15 is 0 Å². The quantitative estimate of drug-likeness (QED) is 0.708. The summed E-state index contributed by atoms with van der Waals surface area (Å²) < 4.78 is 12.0. The average Bonchev–Trinajstić information content (AvgIpc) is 3.08. The highest BCUT2D eigenvalue weighted by atomic mass is 35.5. The van der Waals surface area contributed by atoms with Crippen LogP contribution in [0.3, 0.4) is 0 Å². The Morgan fingerprint density at radius 1 is 1.24 bits per heavy atom. The first kappa shape index (κ1) is 17.4. The van der Waals surface area contributed by atoms with Gasteiger partial charge in [0.15, 0.2) is 11.1 Å². The summed E-state index contributed by atoms with van der Waals surface area (Å²) in [5, 5.41) is 13.7. The molecule has 5 nitrogen and oxygen atoms in total. The van der Waals surface area contributed by atoms with Gasteiger partial charge in [-0.25, -0.2) is 0 Å². The van der Waals surface area contributed by atoms with Gasteiger partial charge in [0.05, 0.1) is 6.61 Å². The molecule has 0 spiro atoms. The summed E-state index contributed by atoms with van der Waals surface area (Å²) in [7, 11) is 0. The van der Waals surface area contributed by atoms with Gasteiger partial charge in [-0.1, -0.05) is 54.0 Å². The number of anilines is 1. The van der Waals surface area contributed by atoms with Gasteiger partial charge >= 0.3 is 0 Å². The average molecular weight is 398 g/mol. The molecular formula is C17H20ClN3O2S2. The Bertz CT molecular complexity index is 735. The summed E-state index contributed by atoms with van der Waals surface area (Å²) in [5.74, 6) is 1.65. The van der Waals surface area contributed by atoms with Gasteiger partial charge in [-0.2, -0.15) is 0 Å². The standard InChI is InChI=1S/C17H20ClN3O2S2/c18-13-6-11-8-22-10-23-15(11)12(7-13)9-24-17-21-20-16(25-17)19-14-4-2-1-3-5-14/h6-7,14H,1-5,8-10H2,(H,19,20). The van der Waals surface area contributed by atoms with Crippen LogP contribution in [0, 0.1) is 0 Å². The third kappa shape index (κ3) is 4.39. The molecular weight excluding hydrogens is 378 g/mol. The topological polar surface area (TPSA) is 56.3 Å². The molecule has 0 atom stereocenters. The highest BCUT2D eigenvalue weighted by molar-refractivity contribution is 8.00. The van der Waals surface area contributed by atoms with Crippen LogP contribution in [0.2, 0.25) is 5.02 Å². The van der Waals surface area contributed by atoms with E-state index in [2.05, 4.69) is 15.5 Å². The Kier molecular flexibility index (Phi) is 5.65. The largest absolute Gasteiger partial charge is 0.467 e.